The van der Waals surface area contributed by atoms with E-state index >= 15 is 0 Å². The second kappa shape index (κ2) is 7.12. The van der Waals surface area contributed by atoms with Crippen LogP contribution in [-0.2, 0) is 4.79 Å². The fourth-order valence-electron chi connectivity index (χ4n) is 2.34. The second-order valence-corrected chi connectivity index (χ2v) is 5.05. The Bertz CT molecular complexity index is 286. The molecule has 0 aromatic heterocycles. The van der Waals surface area contributed by atoms with Gasteiger partial charge in [0.25, 0.3) is 0 Å². The molecule has 2 unspecified atom stereocenters. The van der Waals surface area contributed by atoms with Gasteiger partial charge in [0.05, 0.1) is 12.0 Å². The molecule has 2 atom stereocenters. The minimum Gasteiger partial charge on any atom is -0.342 e. The summed E-state index contributed by atoms with van der Waals surface area (Å²) >= 11 is 0. The van der Waals surface area contributed by atoms with Crippen LogP contribution in [0.5, 0.6) is 0 Å². The van der Waals surface area contributed by atoms with Crippen molar-refractivity contribution in [1.29, 1.82) is 0 Å². The van der Waals surface area contributed by atoms with Gasteiger partial charge in [0.1, 0.15) is 0 Å². The molecule has 1 saturated heterocycles. The molecule has 6 heteroatoms. The maximum Gasteiger partial charge on any atom is 0.393 e. The van der Waals surface area contributed by atoms with Gasteiger partial charge >= 0.3 is 6.18 Å². The number of carbonyl (C=O) groups is 1. The number of piperidine rings is 1. The van der Waals surface area contributed by atoms with Crippen molar-refractivity contribution in [1.82, 2.24) is 10.2 Å². The van der Waals surface area contributed by atoms with Gasteiger partial charge in [0.2, 0.25) is 5.91 Å². The molecule has 0 aliphatic carbocycles. The van der Waals surface area contributed by atoms with Gasteiger partial charge in [-0.05, 0) is 26.2 Å². The van der Waals surface area contributed by atoms with E-state index in [1.54, 1.807) is 4.90 Å². The number of nitrogens with zero attached hydrogens (tertiary/aromatic N) is 1. The SMILES string of the molecule is CCCCN(CC)C(=O)C1CCC(C(F)(F)F)CN1. The van der Waals surface area contributed by atoms with E-state index in [9.17, 15) is 18.0 Å². The third kappa shape index (κ3) is 4.67. The molecule has 1 heterocycles. The van der Waals surface area contributed by atoms with Crippen molar-refractivity contribution >= 4 is 5.91 Å². The number of hydrogen-bond donors (Lipinski definition) is 1. The monoisotopic (exact) mass is 280 g/mol. The Morgan fingerprint density at radius 2 is 2.00 bits per heavy atom. The van der Waals surface area contributed by atoms with Gasteiger partial charge in [0, 0.05) is 19.6 Å². The summed E-state index contributed by atoms with van der Waals surface area (Å²) in [5, 5.41) is 2.76. The third-order valence-electron chi connectivity index (χ3n) is 3.65. The van der Waals surface area contributed by atoms with Crippen LogP contribution in [-0.4, -0.2) is 42.7 Å². The van der Waals surface area contributed by atoms with Crippen molar-refractivity contribution in [3.8, 4) is 0 Å². The van der Waals surface area contributed by atoms with E-state index in [-0.39, 0.29) is 25.3 Å². The van der Waals surface area contributed by atoms with E-state index in [4.69, 9.17) is 0 Å². The standard InChI is InChI=1S/C13H23F3N2O/c1-3-5-8-18(4-2)12(19)11-7-6-10(9-17-11)13(14,15)16/h10-11,17H,3-9H2,1-2H3. The lowest BCUT2D eigenvalue weighted by molar-refractivity contribution is -0.180. The summed E-state index contributed by atoms with van der Waals surface area (Å²) in [5.74, 6) is -1.38. The summed E-state index contributed by atoms with van der Waals surface area (Å²) in [6.45, 7) is 5.09. The first-order valence-corrected chi connectivity index (χ1v) is 6.99. The number of likely N-dealkylation sites (N-methyl/N-ethyl adjacent to an activating group) is 1. The highest BCUT2D eigenvalue weighted by atomic mass is 19.4. The number of alkyl halides is 3. The van der Waals surface area contributed by atoms with Gasteiger partial charge in [-0.25, -0.2) is 0 Å². The number of hydrogen-bond acceptors (Lipinski definition) is 2. The molecule has 1 N–H and O–H groups in total. The molecule has 3 nitrogen and oxygen atoms in total. The van der Waals surface area contributed by atoms with Gasteiger partial charge in [-0.1, -0.05) is 13.3 Å². The van der Waals surface area contributed by atoms with E-state index in [1.165, 1.54) is 0 Å². The summed E-state index contributed by atoms with van der Waals surface area (Å²) in [6.07, 6.45) is -1.92. The molecule has 0 radical (unpaired) electrons. The van der Waals surface area contributed by atoms with Crippen molar-refractivity contribution in [2.45, 2.75) is 51.7 Å². The molecule has 1 amide bonds. The van der Waals surface area contributed by atoms with E-state index in [1.807, 2.05) is 13.8 Å². The summed E-state index contributed by atoms with van der Waals surface area (Å²) in [6, 6.07) is -0.449. The lowest BCUT2D eigenvalue weighted by Gasteiger charge is -2.33. The van der Waals surface area contributed by atoms with Crippen molar-refractivity contribution in [2.75, 3.05) is 19.6 Å². The third-order valence-corrected chi connectivity index (χ3v) is 3.65. The Morgan fingerprint density at radius 1 is 1.32 bits per heavy atom. The Hall–Kier alpha value is -0.780. The molecule has 1 aliphatic heterocycles. The molecule has 0 aromatic carbocycles. The van der Waals surface area contributed by atoms with Gasteiger partial charge in [-0.2, -0.15) is 13.2 Å². The lowest BCUT2D eigenvalue weighted by atomic mass is 9.93. The van der Waals surface area contributed by atoms with Gasteiger partial charge < -0.3 is 10.2 Å². The van der Waals surface area contributed by atoms with E-state index in [0.717, 1.165) is 12.8 Å². The fourth-order valence-corrected chi connectivity index (χ4v) is 2.34. The molecule has 112 valence electrons. The molecule has 0 saturated carbocycles. The van der Waals surface area contributed by atoms with Gasteiger partial charge in [-0.15, -0.1) is 0 Å². The van der Waals surface area contributed by atoms with Gasteiger partial charge in [0.15, 0.2) is 0 Å². The number of unbranched alkanes of at least 4 members (excludes halogenated alkanes) is 1. The van der Waals surface area contributed by atoms with E-state index in [2.05, 4.69) is 5.32 Å². The Morgan fingerprint density at radius 3 is 2.42 bits per heavy atom. The van der Waals surface area contributed by atoms with Crippen LogP contribution in [0.25, 0.3) is 0 Å². The first-order chi connectivity index (χ1) is 8.90. The molecule has 19 heavy (non-hydrogen) atoms. The lowest BCUT2D eigenvalue weighted by Crippen LogP contribution is -2.52. The van der Waals surface area contributed by atoms with E-state index in [0.29, 0.717) is 13.1 Å². The number of nitrogens with one attached hydrogen (secondary N) is 1. The quantitative estimate of drug-likeness (QED) is 0.839. The molecule has 1 aliphatic rings. The Labute approximate surface area is 112 Å². The summed E-state index contributed by atoms with van der Waals surface area (Å²) in [4.78, 5) is 13.9. The molecule has 1 rings (SSSR count). The normalized spacial score (nSPS) is 24.3. The van der Waals surface area contributed by atoms with Crippen LogP contribution in [0.3, 0.4) is 0 Å². The molecular weight excluding hydrogens is 257 g/mol. The molecule has 0 aromatic rings. The highest BCUT2D eigenvalue weighted by Crippen LogP contribution is 2.32. The summed E-state index contributed by atoms with van der Waals surface area (Å²) in [7, 11) is 0. The first kappa shape index (κ1) is 16.3. The largest absolute Gasteiger partial charge is 0.393 e. The zero-order valence-corrected chi connectivity index (χ0v) is 11.6. The van der Waals surface area contributed by atoms with Crippen LogP contribution < -0.4 is 5.32 Å². The average Bonchev–Trinajstić information content (AvgIpc) is 2.38. The molecule has 0 bridgehead atoms. The predicted octanol–water partition coefficient (Wildman–Crippen LogP) is 2.57. The number of halogens is 3. The van der Waals surface area contributed by atoms with Crippen LogP contribution in [0.4, 0.5) is 13.2 Å². The van der Waals surface area contributed by atoms with Crippen LogP contribution in [0.15, 0.2) is 0 Å². The highest BCUT2D eigenvalue weighted by Gasteiger charge is 2.42. The Kier molecular flexibility index (Phi) is 6.10. The van der Waals surface area contributed by atoms with Crippen molar-refractivity contribution in [3.05, 3.63) is 0 Å². The first-order valence-electron chi connectivity index (χ1n) is 6.99. The topological polar surface area (TPSA) is 32.3 Å². The summed E-state index contributed by atoms with van der Waals surface area (Å²) in [5.41, 5.74) is 0. The zero-order valence-electron chi connectivity index (χ0n) is 11.6. The van der Waals surface area contributed by atoms with Crippen molar-refractivity contribution < 1.29 is 18.0 Å². The van der Waals surface area contributed by atoms with Crippen molar-refractivity contribution in [2.24, 2.45) is 5.92 Å². The van der Waals surface area contributed by atoms with Crippen LogP contribution in [0.1, 0.15) is 39.5 Å². The average molecular weight is 280 g/mol. The predicted molar refractivity (Wildman–Crippen MR) is 67.7 cm³/mol. The van der Waals surface area contributed by atoms with Crippen LogP contribution in [0.2, 0.25) is 0 Å². The second-order valence-electron chi connectivity index (χ2n) is 5.05. The van der Waals surface area contributed by atoms with Crippen molar-refractivity contribution in [3.63, 3.8) is 0 Å². The minimum absolute atomic E-state index is 0.0399. The number of carbonyl (C=O) groups excluding carboxylic acids is 1. The fraction of sp³-hybridized carbons (Fsp3) is 0.923. The van der Waals surface area contributed by atoms with Crippen LogP contribution >= 0.6 is 0 Å². The number of rotatable bonds is 5. The maximum atomic E-state index is 12.5. The minimum atomic E-state index is -4.16. The van der Waals surface area contributed by atoms with Gasteiger partial charge in [-0.3, -0.25) is 4.79 Å². The molecule has 0 spiro atoms. The molecule has 1 fully saturated rings. The smallest absolute Gasteiger partial charge is 0.342 e. The van der Waals surface area contributed by atoms with E-state index < -0.39 is 18.1 Å². The Balaban J connectivity index is 2.47. The highest BCUT2D eigenvalue weighted by molar-refractivity contribution is 5.82. The number of amides is 1. The summed E-state index contributed by atoms with van der Waals surface area (Å²) < 4.78 is 37.6. The molecular formula is C13H23F3N2O. The zero-order chi connectivity index (χ0) is 14.5. The maximum absolute atomic E-state index is 12.5. The van der Waals surface area contributed by atoms with Crippen LogP contribution in [0, 0.1) is 5.92 Å².